The lowest BCUT2D eigenvalue weighted by molar-refractivity contribution is 0.0953. The average Bonchev–Trinajstić information content (AvgIpc) is 3.30. The van der Waals surface area contributed by atoms with Crippen LogP contribution in [0.3, 0.4) is 0 Å². The zero-order valence-corrected chi connectivity index (χ0v) is 19.3. The van der Waals surface area contributed by atoms with Crippen molar-refractivity contribution in [2.45, 2.75) is 44.9 Å². The number of hydrogen-bond donors (Lipinski definition) is 2. The predicted molar refractivity (Wildman–Crippen MR) is 123 cm³/mol. The molecule has 3 heterocycles. The first kappa shape index (κ1) is 21.3. The van der Waals surface area contributed by atoms with Crippen molar-refractivity contribution < 1.29 is 9.32 Å². The number of aromatic amines is 1. The van der Waals surface area contributed by atoms with Crippen LogP contribution in [0, 0.1) is 27.7 Å². The van der Waals surface area contributed by atoms with E-state index >= 15 is 0 Å². The number of aromatic nitrogens is 3. The van der Waals surface area contributed by atoms with E-state index < -0.39 is 0 Å². The van der Waals surface area contributed by atoms with Crippen molar-refractivity contribution in [3.8, 4) is 0 Å². The van der Waals surface area contributed by atoms with Gasteiger partial charge in [0.25, 0.3) is 11.5 Å². The molecule has 0 bridgehead atoms. The van der Waals surface area contributed by atoms with E-state index in [0.29, 0.717) is 43.7 Å². The summed E-state index contributed by atoms with van der Waals surface area (Å²) in [6, 6.07) is 8.07. The predicted octanol–water partition coefficient (Wildman–Crippen LogP) is 4.43. The molecule has 7 nitrogen and oxygen atoms in total. The highest BCUT2D eigenvalue weighted by atomic mass is 32.2. The van der Waals surface area contributed by atoms with Crippen molar-refractivity contribution >= 4 is 39.2 Å². The van der Waals surface area contributed by atoms with Gasteiger partial charge in [-0.2, -0.15) is 0 Å². The number of rotatable bonds is 6. The third-order valence-electron chi connectivity index (χ3n) is 4.87. The number of fused-ring (bicyclic) bond motifs is 1. The van der Waals surface area contributed by atoms with E-state index in [0.717, 1.165) is 4.90 Å². The minimum Gasteiger partial charge on any atom is -0.361 e. The fraction of sp³-hybridized carbons (Fsp3) is 0.273. The topological polar surface area (TPSA) is 101 Å². The number of nitrogens with one attached hydrogen (secondary N) is 2. The van der Waals surface area contributed by atoms with Gasteiger partial charge >= 0.3 is 0 Å². The standard InChI is InChI=1S/C22H22N4O3S2/c1-11-5-6-12(2)16(7-11)30-10-17-24-20(27)18-14(4)19(31-22(18)25-17)21(28)23-9-15-8-13(3)29-26-15/h5-8H,9-10H2,1-4H3,(H,23,28)(H,24,25,27). The van der Waals surface area contributed by atoms with Gasteiger partial charge in [-0.1, -0.05) is 22.9 Å². The van der Waals surface area contributed by atoms with Crippen LogP contribution in [-0.2, 0) is 12.3 Å². The number of thiophene rings is 1. The van der Waals surface area contributed by atoms with Crippen LogP contribution >= 0.6 is 23.1 Å². The number of thioether (sulfide) groups is 1. The van der Waals surface area contributed by atoms with E-state index in [9.17, 15) is 9.59 Å². The molecule has 9 heteroatoms. The van der Waals surface area contributed by atoms with Crippen molar-refractivity contribution in [1.29, 1.82) is 0 Å². The Bertz CT molecular complexity index is 1340. The quantitative estimate of drug-likeness (QED) is 0.418. The molecule has 31 heavy (non-hydrogen) atoms. The van der Waals surface area contributed by atoms with Crippen molar-refractivity contribution in [2.75, 3.05) is 0 Å². The van der Waals surface area contributed by atoms with Crippen LogP contribution < -0.4 is 10.9 Å². The molecule has 3 aromatic heterocycles. The van der Waals surface area contributed by atoms with Gasteiger partial charge in [0.1, 0.15) is 22.1 Å². The smallest absolute Gasteiger partial charge is 0.262 e. The zero-order chi connectivity index (χ0) is 22.1. The molecule has 0 spiro atoms. The Morgan fingerprint density at radius 1 is 1.23 bits per heavy atom. The summed E-state index contributed by atoms with van der Waals surface area (Å²) in [5, 5.41) is 7.17. The molecule has 0 saturated carbocycles. The molecule has 0 saturated heterocycles. The molecular weight excluding hydrogens is 432 g/mol. The molecule has 0 unspecified atom stereocenters. The zero-order valence-electron chi connectivity index (χ0n) is 17.7. The molecule has 0 atom stereocenters. The number of amides is 1. The normalized spacial score (nSPS) is 11.2. The fourth-order valence-electron chi connectivity index (χ4n) is 3.23. The first-order chi connectivity index (χ1) is 14.8. The molecule has 4 rings (SSSR count). The van der Waals surface area contributed by atoms with Crippen LogP contribution in [0.1, 0.15) is 43.6 Å². The first-order valence-corrected chi connectivity index (χ1v) is 11.5. The molecule has 0 aliphatic carbocycles. The number of aryl methyl sites for hydroxylation is 4. The summed E-state index contributed by atoms with van der Waals surface area (Å²) in [7, 11) is 0. The SMILES string of the molecule is Cc1ccc(C)c(SCc2nc3sc(C(=O)NCc4cc(C)on4)c(C)c3c(=O)[nH]2)c1. The second-order valence-electron chi connectivity index (χ2n) is 7.42. The molecule has 0 aliphatic heterocycles. The third-order valence-corrected chi connectivity index (χ3v) is 7.22. The van der Waals surface area contributed by atoms with Gasteiger partial charge in [0.15, 0.2) is 0 Å². The van der Waals surface area contributed by atoms with Gasteiger partial charge in [-0.15, -0.1) is 23.1 Å². The molecule has 0 radical (unpaired) electrons. The van der Waals surface area contributed by atoms with Gasteiger partial charge in [0.05, 0.1) is 22.6 Å². The van der Waals surface area contributed by atoms with Gasteiger partial charge in [0.2, 0.25) is 0 Å². The van der Waals surface area contributed by atoms with Crippen molar-refractivity contribution in [1.82, 2.24) is 20.4 Å². The number of hydrogen-bond acceptors (Lipinski definition) is 7. The van der Waals surface area contributed by atoms with Crippen LogP contribution in [0.25, 0.3) is 10.2 Å². The maximum atomic E-state index is 12.7. The highest BCUT2D eigenvalue weighted by molar-refractivity contribution is 7.98. The van der Waals surface area contributed by atoms with Crippen LogP contribution in [0.15, 0.2) is 38.5 Å². The minimum atomic E-state index is -0.258. The average molecular weight is 455 g/mol. The number of benzene rings is 1. The molecule has 1 aromatic carbocycles. The summed E-state index contributed by atoms with van der Waals surface area (Å²) in [6.07, 6.45) is 0. The van der Waals surface area contributed by atoms with Crippen LogP contribution in [0.4, 0.5) is 0 Å². The maximum Gasteiger partial charge on any atom is 0.262 e. The first-order valence-electron chi connectivity index (χ1n) is 9.74. The number of H-pyrrole nitrogens is 1. The number of carbonyl (C=O) groups excluding carboxylic acids is 1. The van der Waals surface area contributed by atoms with Gasteiger partial charge in [-0.3, -0.25) is 9.59 Å². The highest BCUT2D eigenvalue weighted by Crippen LogP contribution is 2.29. The molecule has 0 aliphatic rings. The highest BCUT2D eigenvalue weighted by Gasteiger charge is 2.19. The van der Waals surface area contributed by atoms with Crippen molar-refractivity contribution in [3.05, 3.63) is 73.5 Å². The summed E-state index contributed by atoms with van der Waals surface area (Å²) < 4.78 is 5.02. The fourth-order valence-corrected chi connectivity index (χ4v) is 5.35. The molecule has 4 aromatic rings. The Balaban J connectivity index is 1.55. The summed E-state index contributed by atoms with van der Waals surface area (Å²) in [5.41, 5.74) is 3.44. The molecule has 160 valence electrons. The minimum absolute atomic E-state index is 0.221. The molecule has 2 N–H and O–H groups in total. The van der Waals surface area contributed by atoms with Crippen LogP contribution in [0.5, 0.6) is 0 Å². The Labute approximate surface area is 187 Å². The van der Waals surface area contributed by atoms with Crippen LogP contribution in [0.2, 0.25) is 0 Å². The lowest BCUT2D eigenvalue weighted by Crippen LogP contribution is -2.22. The Morgan fingerprint density at radius 3 is 2.77 bits per heavy atom. The summed E-state index contributed by atoms with van der Waals surface area (Å²) >= 11 is 2.87. The van der Waals surface area contributed by atoms with Gasteiger partial charge in [-0.05, 0) is 44.9 Å². The van der Waals surface area contributed by atoms with Gasteiger partial charge in [0, 0.05) is 11.0 Å². The lowest BCUT2D eigenvalue weighted by Gasteiger charge is -2.06. The summed E-state index contributed by atoms with van der Waals surface area (Å²) in [4.78, 5) is 35.1. The van der Waals surface area contributed by atoms with Gasteiger partial charge in [-0.25, -0.2) is 4.98 Å². The van der Waals surface area contributed by atoms with E-state index in [4.69, 9.17) is 4.52 Å². The lowest BCUT2D eigenvalue weighted by atomic mass is 10.2. The van der Waals surface area contributed by atoms with Crippen molar-refractivity contribution in [3.63, 3.8) is 0 Å². The maximum absolute atomic E-state index is 12.7. The van der Waals surface area contributed by atoms with Crippen molar-refractivity contribution in [2.24, 2.45) is 0 Å². The number of carbonyl (C=O) groups is 1. The summed E-state index contributed by atoms with van der Waals surface area (Å²) in [5.74, 6) is 1.56. The molecule has 1 amide bonds. The van der Waals surface area contributed by atoms with Crippen LogP contribution in [-0.4, -0.2) is 21.0 Å². The monoisotopic (exact) mass is 454 g/mol. The Hall–Kier alpha value is -2.91. The van der Waals surface area contributed by atoms with E-state index in [1.165, 1.54) is 22.5 Å². The largest absolute Gasteiger partial charge is 0.361 e. The number of nitrogens with zero attached hydrogens (tertiary/aromatic N) is 2. The second-order valence-corrected chi connectivity index (χ2v) is 9.43. The Kier molecular flexibility index (Phi) is 5.97. The Morgan fingerprint density at radius 2 is 2.03 bits per heavy atom. The third kappa shape index (κ3) is 4.57. The molecule has 0 fully saturated rings. The van der Waals surface area contributed by atoms with E-state index in [1.807, 2.05) is 0 Å². The molecular formula is C22H22N4O3S2. The van der Waals surface area contributed by atoms with Gasteiger partial charge < -0.3 is 14.8 Å². The second kappa shape index (κ2) is 8.68. The van der Waals surface area contributed by atoms with E-state index in [-0.39, 0.29) is 18.0 Å². The van der Waals surface area contributed by atoms with E-state index in [1.54, 1.807) is 31.7 Å². The summed E-state index contributed by atoms with van der Waals surface area (Å²) in [6.45, 7) is 7.94. The van der Waals surface area contributed by atoms with E-state index in [2.05, 4.69) is 52.5 Å².